The molecule has 14 heavy (non-hydrogen) atoms. The quantitative estimate of drug-likeness (QED) is 0.461. The van der Waals surface area contributed by atoms with Crippen molar-refractivity contribution in [2.45, 2.75) is 19.3 Å². The maximum atomic E-state index is 10.9. The van der Waals surface area contributed by atoms with Gasteiger partial charge in [-0.2, -0.15) is 26.3 Å². The van der Waals surface area contributed by atoms with E-state index >= 15 is 0 Å². The summed E-state index contributed by atoms with van der Waals surface area (Å²) in [7, 11) is 0. The molecule has 84 valence electrons. The van der Waals surface area contributed by atoms with E-state index in [1.807, 2.05) is 0 Å². The Hall–Kier alpha value is -1.21. The number of hydrogen-bond acceptors (Lipinski definition) is 2. The molecule has 0 spiro atoms. The number of alkyl halides is 6. The molecular formula is C6H5F6O2-. The molecule has 8 heteroatoms. The summed E-state index contributed by atoms with van der Waals surface area (Å²) in [5, 5.41) is 9.33. The fraction of sp³-hybridized carbons (Fsp3) is 0.500. The highest BCUT2D eigenvalue weighted by molar-refractivity contribution is 5.89. The van der Waals surface area contributed by atoms with Gasteiger partial charge in [-0.25, -0.2) is 0 Å². The lowest BCUT2D eigenvalue weighted by molar-refractivity contribution is -0.300. The van der Waals surface area contributed by atoms with Crippen molar-refractivity contribution in [1.82, 2.24) is 0 Å². The fourth-order valence-corrected chi connectivity index (χ4v) is 0.161. The Kier molecular flexibility index (Phi) is 5.31. The predicted molar refractivity (Wildman–Crippen MR) is 31.9 cm³/mol. The molecule has 0 amide bonds. The fourth-order valence-electron chi connectivity index (χ4n) is 0.161. The first kappa shape index (κ1) is 15.3. The standard InChI is InChI=1S/C3F6O.C3H6O/c4-2(5,6)1(10)3(7,8)9;1-3(2)4/h;4H,1H2,2H3/p-1. The summed E-state index contributed by atoms with van der Waals surface area (Å²) < 4.78 is 65.3. The molecule has 0 unspecified atom stereocenters. The highest BCUT2D eigenvalue weighted by Crippen LogP contribution is 2.28. The third kappa shape index (κ3) is 8.88. The van der Waals surface area contributed by atoms with Gasteiger partial charge in [-0.15, -0.1) is 12.3 Å². The number of carbonyl (C=O) groups is 1. The van der Waals surface area contributed by atoms with Gasteiger partial charge < -0.3 is 5.11 Å². The minimum absolute atomic E-state index is 0.0833. The Labute approximate surface area is 74.8 Å². The van der Waals surface area contributed by atoms with E-state index in [1.165, 1.54) is 6.92 Å². The van der Waals surface area contributed by atoms with Gasteiger partial charge in [-0.05, 0) is 0 Å². The van der Waals surface area contributed by atoms with Crippen LogP contribution >= 0.6 is 0 Å². The SMILES string of the molecule is C=C(C)[O-].O=C(C(F)(F)F)C(F)(F)F. The van der Waals surface area contributed by atoms with Gasteiger partial charge in [0.25, 0.3) is 0 Å². The van der Waals surface area contributed by atoms with E-state index in [0.717, 1.165) is 0 Å². The summed E-state index contributed by atoms with van der Waals surface area (Å²) in [5.74, 6) is -3.76. The van der Waals surface area contributed by atoms with Crippen LogP contribution in [0.5, 0.6) is 0 Å². The molecule has 0 saturated carbocycles. The third-order valence-electron chi connectivity index (χ3n) is 0.515. The normalized spacial score (nSPS) is 11.4. The van der Waals surface area contributed by atoms with Gasteiger partial charge in [-0.3, -0.25) is 4.79 Å². The van der Waals surface area contributed by atoms with Crippen molar-refractivity contribution in [2.75, 3.05) is 0 Å². The van der Waals surface area contributed by atoms with Crippen molar-refractivity contribution in [3.05, 3.63) is 12.3 Å². The summed E-state index contributed by atoms with van der Waals surface area (Å²) in [5.41, 5.74) is 0. The first-order valence-electron chi connectivity index (χ1n) is 2.90. The summed E-state index contributed by atoms with van der Waals surface area (Å²) in [6.07, 6.45) is -11.6. The van der Waals surface area contributed by atoms with E-state index in [0.29, 0.717) is 0 Å². The molecule has 0 bridgehead atoms. The van der Waals surface area contributed by atoms with Crippen LogP contribution in [-0.2, 0) is 4.79 Å². The first-order chi connectivity index (χ1) is 5.89. The zero-order valence-electron chi connectivity index (χ0n) is 6.79. The molecule has 0 heterocycles. The number of halogens is 6. The topological polar surface area (TPSA) is 40.1 Å². The molecule has 0 aliphatic carbocycles. The zero-order chi connectivity index (χ0) is 12.2. The van der Waals surface area contributed by atoms with Crippen LogP contribution in [0, 0.1) is 0 Å². The largest absolute Gasteiger partial charge is 0.876 e. The smallest absolute Gasteiger partial charge is 0.459 e. The number of allylic oxidation sites excluding steroid dienone is 1. The molecule has 2 nitrogen and oxygen atoms in total. The van der Waals surface area contributed by atoms with E-state index in [2.05, 4.69) is 6.58 Å². The molecule has 0 aliphatic rings. The molecule has 0 aromatic rings. The molecule has 0 atom stereocenters. The number of rotatable bonds is 0. The monoisotopic (exact) mass is 223 g/mol. The van der Waals surface area contributed by atoms with E-state index < -0.39 is 18.1 Å². The van der Waals surface area contributed by atoms with Crippen LogP contribution in [0.2, 0.25) is 0 Å². The van der Waals surface area contributed by atoms with Crippen LogP contribution in [0.15, 0.2) is 12.3 Å². The van der Waals surface area contributed by atoms with Crippen LogP contribution < -0.4 is 5.11 Å². The Morgan fingerprint density at radius 3 is 1.21 bits per heavy atom. The Bertz CT molecular complexity index is 193. The van der Waals surface area contributed by atoms with Crippen molar-refractivity contribution in [3.63, 3.8) is 0 Å². The van der Waals surface area contributed by atoms with E-state index in [4.69, 9.17) is 0 Å². The summed E-state index contributed by atoms with van der Waals surface area (Å²) in [6, 6.07) is 0. The van der Waals surface area contributed by atoms with Crippen molar-refractivity contribution < 1.29 is 36.2 Å². The van der Waals surface area contributed by atoms with Crippen LogP contribution in [0.4, 0.5) is 26.3 Å². The van der Waals surface area contributed by atoms with Gasteiger partial charge >= 0.3 is 18.1 Å². The molecule has 0 N–H and O–H groups in total. The molecule has 0 aliphatic heterocycles. The van der Waals surface area contributed by atoms with Crippen LogP contribution in [0.1, 0.15) is 6.92 Å². The lowest BCUT2D eigenvalue weighted by Crippen LogP contribution is -2.36. The van der Waals surface area contributed by atoms with E-state index in [-0.39, 0.29) is 5.76 Å². The van der Waals surface area contributed by atoms with Crippen molar-refractivity contribution in [2.24, 2.45) is 0 Å². The van der Waals surface area contributed by atoms with Gasteiger partial charge in [0, 0.05) is 0 Å². The maximum Gasteiger partial charge on any atom is 0.459 e. The summed E-state index contributed by atoms with van der Waals surface area (Å²) in [6.45, 7) is 4.42. The minimum Gasteiger partial charge on any atom is -0.876 e. The number of hydrogen-bond donors (Lipinski definition) is 0. The van der Waals surface area contributed by atoms with Crippen molar-refractivity contribution in [3.8, 4) is 0 Å². The van der Waals surface area contributed by atoms with Gasteiger partial charge in [0.15, 0.2) is 0 Å². The average molecular weight is 223 g/mol. The Morgan fingerprint density at radius 1 is 1.07 bits per heavy atom. The number of Topliss-reactive ketones (excluding diaryl/α,β-unsaturated/α-hetero) is 1. The van der Waals surface area contributed by atoms with Crippen LogP contribution in [0.3, 0.4) is 0 Å². The lowest BCUT2D eigenvalue weighted by atomic mass is 10.4. The highest BCUT2D eigenvalue weighted by atomic mass is 19.4. The van der Waals surface area contributed by atoms with Gasteiger partial charge in [0.1, 0.15) is 0 Å². The molecule has 0 rings (SSSR count). The van der Waals surface area contributed by atoms with Gasteiger partial charge in [0.2, 0.25) is 0 Å². The molecular weight excluding hydrogens is 218 g/mol. The molecule has 0 aromatic heterocycles. The lowest BCUT2D eigenvalue weighted by Gasteiger charge is -2.06. The Morgan fingerprint density at radius 2 is 1.21 bits per heavy atom. The second-order valence-electron chi connectivity index (χ2n) is 2.03. The third-order valence-corrected chi connectivity index (χ3v) is 0.515. The predicted octanol–water partition coefficient (Wildman–Crippen LogP) is 1.56. The summed E-state index contributed by atoms with van der Waals surface area (Å²) in [4.78, 5) is 9.24. The summed E-state index contributed by atoms with van der Waals surface area (Å²) >= 11 is 0. The van der Waals surface area contributed by atoms with E-state index in [9.17, 15) is 36.2 Å². The maximum absolute atomic E-state index is 10.9. The average Bonchev–Trinajstić information content (AvgIpc) is 1.80. The van der Waals surface area contributed by atoms with Crippen molar-refractivity contribution >= 4 is 5.78 Å². The number of ketones is 1. The first-order valence-corrected chi connectivity index (χ1v) is 2.90. The number of carbonyl (C=O) groups excluding carboxylic acids is 1. The Balaban J connectivity index is 0. The van der Waals surface area contributed by atoms with Gasteiger partial charge in [-0.1, -0.05) is 6.92 Å². The van der Waals surface area contributed by atoms with E-state index in [1.54, 1.807) is 0 Å². The zero-order valence-corrected chi connectivity index (χ0v) is 6.79. The van der Waals surface area contributed by atoms with Gasteiger partial charge in [0.05, 0.1) is 0 Å². The molecule has 0 fully saturated rings. The molecule has 0 aromatic carbocycles. The highest BCUT2D eigenvalue weighted by Gasteiger charge is 2.55. The van der Waals surface area contributed by atoms with Crippen LogP contribution in [0.25, 0.3) is 0 Å². The van der Waals surface area contributed by atoms with Crippen molar-refractivity contribution in [1.29, 1.82) is 0 Å². The molecule has 0 radical (unpaired) electrons. The van der Waals surface area contributed by atoms with Crippen LogP contribution in [-0.4, -0.2) is 18.1 Å². The minimum atomic E-state index is -5.82. The second-order valence-corrected chi connectivity index (χ2v) is 2.03. The second kappa shape index (κ2) is 4.87. The molecule has 0 saturated heterocycles.